The molecule has 84 valence electrons. The van der Waals surface area contributed by atoms with Crippen LogP contribution in [0, 0.1) is 12.7 Å². The van der Waals surface area contributed by atoms with Gasteiger partial charge in [0.15, 0.2) is 0 Å². The first-order chi connectivity index (χ1) is 7.61. The lowest BCUT2D eigenvalue weighted by Crippen LogP contribution is -1.99. The number of hydrogen-bond acceptors (Lipinski definition) is 3. The van der Waals surface area contributed by atoms with E-state index in [0.717, 1.165) is 5.56 Å². The predicted molar refractivity (Wildman–Crippen MR) is 59.7 cm³/mol. The van der Waals surface area contributed by atoms with Crippen LogP contribution in [-0.4, -0.2) is 20.1 Å². The Bertz CT molecular complexity index is 527. The zero-order chi connectivity index (χ0) is 11.7. The van der Waals surface area contributed by atoms with Crippen molar-refractivity contribution >= 4 is 15.9 Å². The molecule has 1 aromatic heterocycles. The van der Waals surface area contributed by atoms with E-state index >= 15 is 0 Å². The number of aromatic nitrogens is 3. The number of aryl methyl sites for hydroxylation is 1. The Kier molecular flexibility index (Phi) is 3.02. The van der Waals surface area contributed by atoms with Gasteiger partial charge in [0.25, 0.3) is 0 Å². The topological polar surface area (TPSA) is 50.9 Å². The van der Waals surface area contributed by atoms with Gasteiger partial charge in [0.2, 0.25) is 0 Å². The highest BCUT2D eigenvalue weighted by molar-refractivity contribution is 9.10. The minimum atomic E-state index is -0.360. The number of hydrogen-bond donors (Lipinski definition) is 1. The van der Waals surface area contributed by atoms with Crippen LogP contribution in [0.15, 0.2) is 22.8 Å². The number of aliphatic hydroxyl groups excluding tert-OH is 1. The first-order valence-electron chi connectivity index (χ1n) is 4.60. The van der Waals surface area contributed by atoms with Crippen molar-refractivity contribution in [2.45, 2.75) is 13.5 Å². The lowest BCUT2D eigenvalue weighted by molar-refractivity contribution is 0.276. The summed E-state index contributed by atoms with van der Waals surface area (Å²) in [4.78, 5) is 0. The number of nitrogens with zero attached hydrogens (tertiary/aromatic N) is 3. The molecule has 0 saturated carbocycles. The maximum atomic E-state index is 13.4. The Labute approximate surface area is 99.8 Å². The number of halogens is 2. The normalized spacial score (nSPS) is 10.8. The summed E-state index contributed by atoms with van der Waals surface area (Å²) in [6, 6.07) is 3.04. The van der Waals surface area contributed by atoms with Crippen molar-refractivity contribution in [3.8, 4) is 5.69 Å². The van der Waals surface area contributed by atoms with Gasteiger partial charge < -0.3 is 5.11 Å². The van der Waals surface area contributed by atoms with E-state index in [4.69, 9.17) is 5.11 Å². The Morgan fingerprint density at radius 3 is 2.88 bits per heavy atom. The van der Waals surface area contributed by atoms with Gasteiger partial charge in [-0.15, -0.1) is 5.10 Å². The largest absolute Gasteiger partial charge is 0.390 e. The first kappa shape index (κ1) is 11.2. The molecular weight excluding hydrogens is 277 g/mol. The quantitative estimate of drug-likeness (QED) is 0.918. The van der Waals surface area contributed by atoms with E-state index in [1.54, 1.807) is 12.3 Å². The fraction of sp³-hybridized carbons (Fsp3) is 0.200. The molecule has 6 heteroatoms. The van der Waals surface area contributed by atoms with Gasteiger partial charge in [0.05, 0.1) is 23.0 Å². The molecule has 1 heterocycles. The second-order valence-electron chi connectivity index (χ2n) is 3.37. The molecule has 0 amide bonds. The van der Waals surface area contributed by atoms with E-state index in [-0.39, 0.29) is 12.4 Å². The van der Waals surface area contributed by atoms with E-state index in [0.29, 0.717) is 15.9 Å². The monoisotopic (exact) mass is 285 g/mol. The number of rotatable bonds is 2. The zero-order valence-corrected chi connectivity index (χ0v) is 10.1. The molecule has 2 aromatic rings. The van der Waals surface area contributed by atoms with Crippen molar-refractivity contribution in [2.75, 3.05) is 0 Å². The average Bonchev–Trinajstić information content (AvgIpc) is 2.71. The third kappa shape index (κ3) is 1.98. The van der Waals surface area contributed by atoms with Crippen molar-refractivity contribution < 1.29 is 9.50 Å². The SMILES string of the molecule is Cc1cc(Br)c(F)cc1-n1cc(CO)nn1. The molecule has 1 N–H and O–H groups in total. The minimum Gasteiger partial charge on any atom is -0.390 e. The van der Waals surface area contributed by atoms with Crippen LogP contribution < -0.4 is 0 Å². The van der Waals surface area contributed by atoms with Crippen LogP contribution in [0.4, 0.5) is 4.39 Å². The van der Waals surface area contributed by atoms with Gasteiger partial charge in [-0.3, -0.25) is 0 Å². The molecule has 0 spiro atoms. The van der Waals surface area contributed by atoms with Crippen molar-refractivity contribution in [1.82, 2.24) is 15.0 Å². The summed E-state index contributed by atoms with van der Waals surface area (Å²) in [6.07, 6.45) is 1.57. The highest BCUT2D eigenvalue weighted by Gasteiger charge is 2.09. The van der Waals surface area contributed by atoms with Gasteiger partial charge >= 0.3 is 0 Å². The van der Waals surface area contributed by atoms with Crippen LogP contribution in [0.1, 0.15) is 11.3 Å². The molecular formula is C10H9BrFN3O. The maximum absolute atomic E-state index is 13.4. The van der Waals surface area contributed by atoms with Crippen LogP contribution in [0.3, 0.4) is 0 Å². The summed E-state index contributed by atoms with van der Waals surface area (Å²) in [5.41, 5.74) is 1.92. The molecule has 16 heavy (non-hydrogen) atoms. The molecule has 0 unspecified atom stereocenters. The lowest BCUT2D eigenvalue weighted by atomic mass is 10.2. The van der Waals surface area contributed by atoms with E-state index in [1.807, 2.05) is 6.92 Å². The molecule has 2 rings (SSSR count). The van der Waals surface area contributed by atoms with E-state index < -0.39 is 0 Å². The molecule has 0 aliphatic carbocycles. The van der Waals surface area contributed by atoms with Crippen LogP contribution >= 0.6 is 15.9 Å². The fourth-order valence-corrected chi connectivity index (χ4v) is 1.83. The molecule has 1 aromatic carbocycles. The number of aliphatic hydroxyl groups is 1. The van der Waals surface area contributed by atoms with Crippen LogP contribution in [0.25, 0.3) is 5.69 Å². The van der Waals surface area contributed by atoms with Crippen molar-refractivity contribution in [3.05, 3.63) is 39.9 Å². The molecule has 0 saturated heterocycles. The highest BCUT2D eigenvalue weighted by Crippen LogP contribution is 2.22. The van der Waals surface area contributed by atoms with Crippen LogP contribution in [0.5, 0.6) is 0 Å². The predicted octanol–water partition coefficient (Wildman–Crippen LogP) is 1.97. The van der Waals surface area contributed by atoms with Gasteiger partial charge in [0.1, 0.15) is 11.5 Å². The van der Waals surface area contributed by atoms with Gasteiger partial charge in [-0.2, -0.15) is 0 Å². The van der Waals surface area contributed by atoms with E-state index in [1.165, 1.54) is 10.7 Å². The Morgan fingerprint density at radius 1 is 1.50 bits per heavy atom. The highest BCUT2D eigenvalue weighted by atomic mass is 79.9. The Balaban J connectivity index is 2.51. The minimum absolute atomic E-state index is 0.182. The second-order valence-corrected chi connectivity index (χ2v) is 4.22. The molecule has 4 nitrogen and oxygen atoms in total. The Morgan fingerprint density at radius 2 is 2.25 bits per heavy atom. The van der Waals surface area contributed by atoms with Crippen LogP contribution in [0.2, 0.25) is 0 Å². The fourth-order valence-electron chi connectivity index (χ4n) is 1.37. The molecule has 0 aliphatic heterocycles. The summed E-state index contributed by atoms with van der Waals surface area (Å²) in [5, 5.41) is 16.4. The van der Waals surface area contributed by atoms with Crippen molar-refractivity contribution in [2.24, 2.45) is 0 Å². The van der Waals surface area contributed by atoms with Crippen molar-refractivity contribution in [3.63, 3.8) is 0 Å². The van der Waals surface area contributed by atoms with Gasteiger partial charge in [-0.1, -0.05) is 5.21 Å². The average molecular weight is 286 g/mol. The third-order valence-corrected chi connectivity index (χ3v) is 2.80. The standard InChI is InChI=1S/C10H9BrFN3O/c1-6-2-8(11)9(12)3-10(6)15-4-7(5-16)13-14-15/h2-4,16H,5H2,1H3. The maximum Gasteiger partial charge on any atom is 0.139 e. The molecule has 0 radical (unpaired) electrons. The lowest BCUT2D eigenvalue weighted by Gasteiger charge is -2.06. The van der Waals surface area contributed by atoms with Crippen molar-refractivity contribution in [1.29, 1.82) is 0 Å². The number of benzene rings is 1. The summed E-state index contributed by atoms with van der Waals surface area (Å²) in [7, 11) is 0. The Hall–Kier alpha value is -1.27. The molecule has 0 bridgehead atoms. The van der Waals surface area contributed by atoms with Gasteiger partial charge in [-0.25, -0.2) is 9.07 Å². The summed E-state index contributed by atoms with van der Waals surface area (Å²) in [6.45, 7) is 1.66. The first-order valence-corrected chi connectivity index (χ1v) is 5.39. The second kappa shape index (κ2) is 4.31. The molecule has 0 atom stereocenters. The van der Waals surface area contributed by atoms with E-state index in [2.05, 4.69) is 26.2 Å². The molecule has 0 fully saturated rings. The molecule has 0 aliphatic rings. The van der Waals surface area contributed by atoms with Gasteiger partial charge in [-0.05, 0) is 34.5 Å². The van der Waals surface area contributed by atoms with Gasteiger partial charge in [0, 0.05) is 6.07 Å². The summed E-state index contributed by atoms with van der Waals surface area (Å²) < 4.78 is 15.2. The summed E-state index contributed by atoms with van der Waals surface area (Å²) >= 11 is 3.11. The summed E-state index contributed by atoms with van der Waals surface area (Å²) in [5.74, 6) is -0.360. The van der Waals surface area contributed by atoms with E-state index in [9.17, 15) is 4.39 Å². The third-order valence-electron chi connectivity index (χ3n) is 2.19. The zero-order valence-electron chi connectivity index (χ0n) is 8.48. The van der Waals surface area contributed by atoms with Crippen LogP contribution in [-0.2, 0) is 6.61 Å². The smallest absolute Gasteiger partial charge is 0.139 e.